The summed E-state index contributed by atoms with van der Waals surface area (Å²) in [5.41, 5.74) is 2.61. The summed E-state index contributed by atoms with van der Waals surface area (Å²) in [5.74, 6) is 0.688. The second kappa shape index (κ2) is 6.85. The van der Waals surface area contributed by atoms with Crippen molar-refractivity contribution >= 4 is 22.6 Å². The van der Waals surface area contributed by atoms with Crippen LogP contribution in [0.2, 0.25) is 0 Å². The summed E-state index contributed by atoms with van der Waals surface area (Å²) in [5, 5.41) is 2.66. The Hall–Kier alpha value is -1.69. The molecule has 1 heterocycles. The second-order valence-corrected chi connectivity index (χ2v) is 6.98. The molecule has 0 aliphatic carbocycles. The Labute approximate surface area is 127 Å². The number of nitrogens with zero attached hydrogens (tertiary/aromatic N) is 1. The molecule has 2 rings (SSSR count). The fraction of sp³-hybridized carbons (Fsp3) is 0.467. The van der Waals surface area contributed by atoms with Gasteiger partial charge in [0.1, 0.15) is 0 Å². The van der Waals surface area contributed by atoms with E-state index in [2.05, 4.69) is 5.32 Å². The minimum Gasteiger partial charge on any atom is -0.343 e. The van der Waals surface area contributed by atoms with Crippen molar-refractivity contribution in [2.75, 3.05) is 31.1 Å². The number of hydrogen-bond acceptors (Lipinski definition) is 3. The lowest BCUT2D eigenvalue weighted by Gasteiger charge is -2.26. The summed E-state index contributed by atoms with van der Waals surface area (Å²) in [6.07, 6.45) is 0. The highest BCUT2D eigenvalue weighted by Crippen LogP contribution is 2.08. The molecule has 0 spiro atoms. The second-order valence-electron chi connectivity index (χ2n) is 5.29. The van der Waals surface area contributed by atoms with Gasteiger partial charge in [0.15, 0.2) is 0 Å². The first kappa shape index (κ1) is 15.7. The first-order valence-electron chi connectivity index (χ1n) is 6.95. The summed E-state index contributed by atoms with van der Waals surface area (Å²) < 4.78 is 11.2. The Bertz CT molecular complexity index is 556. The molecule has 114 valence electrons. The third-order valence-corrected chi connectivity index (χ3v) is 4.69. The van der Waals surface area contributed by atoms with Gasteiger partial charge in [-0.3, -0.25) is 13.8 Å². The third kappa shape index (κ3) is 4.39. The Morgan fingerprint density at radius 2 is 1.71 bits per heavy atom. The molecule has 2 amide bonds. The van der Waals surface area contributed by atoms with E-state index < -0.39 is 10.8 Å². The van der Waals surface area contributed by atoms with Crippen molar-refractivity contribution in [1.29, 1.82) is 0 Å². The minimum absolute atomic E-state index is 0.0154. The molecule has 0 aromatic heterocycles. The first-order chi connectivity index (χ1) is 9.95. The molecule has 6 heteroatoms. The molecular weight excluding hydrogens is 288 g/mol. The van der Waals surface area contributed by atoms with Crippen molar-refractivity contribution < 1.29 is 13.8 Å². The van der Waals surface area contributed by atoms with Crippen molar-refractivity contribution in [3.8, 4) is 0 Å². The molecule has 0 atom stereocenters. The van der Waals surface area contributed by atoms with Gasteiger partial charge in [-0.1, -0.05) is 17.2 Å². The highest BCUT2D eigenvalue weighted by molar-refractivity contribution is 7.85. The summed E-state index contributed by atoms with van der Waals surface area (Å²) in [4.78, 5) is 25.7. The van der Waals surface area contributed by atoms with Crippen LogP contribution in [-0.2, 0) is 15.6 Å². The van der Waals surface area contributed by atoms with Crippen molar-refractivity contribution in [2.45, 2.75) is 13.8 Å². The molecule has 1 aliphatic rings. The first-order valence-corrected chi connectivity index (χ1v) is 8.44. The maximum atomic E-state index is 12.1. The average molecular weight is 308 g/mol. The van der Waals surface area contributed by atoms with Crippen molar-refractivity contribution in [2.24, 2.45) is 0 Å². The van der Waals surface area contributed by atoms with Crippen LogP contribution in [-0.4, -0.2) is 52.1 Å². The van der Waals surface area contributed by atoms with Crippen molar-refractivity contribution in [3.05, 3.63) is 34.9 Å². The van der Waals surface area contributed by atoms with Gasteiger partial charge in [-0.05, 0) is 26.0 Å². The van der Waals surface area contributed by atoms with Gasteiger partial charge in [-0.25, -0.2) is 0 Å². The SMILES string of the molecule is Cc1cc(C)cc(C(=O)NCC(=O)N2CCS(=O)CC2)c1. The van der Waals surface area contributed by atoms with Crippen LogP contribution in [0.1, 0.15) is 21.5 Å². The number of amides is 2. The van der Waals surface area contributed by atoms with Crippen LogP contribution in [0.3, 0.4) is 0 Å². The van der Waals surface area contributed by atoms with Gasteiger partial charge in [0, 0.05) is 41.0 Å². The maximum Gasteiger partial charge on any atom is 0.251 e. The molecule has 1 saturated heterocycles. The highest BCUT2D eigenvalue weighted by Gasteiger charge is 2.20. The summed E-state index contributed by atoms with van der Waals surface area (Å²) in [6.45, 7) is 4.86. The van der Waals surface area contributed by atoms with Crippen LogP contribution in [0.4, 0.5) is 0 Å². The Balaban J connectivity index is 1.88. The molecule has 0 radical (unpaired) electrons. The minimum atomic E-state index is -0.806. The fourth-order valence-electron chi connectivity index (χ4n) is 2.36. The monoisotopic (exact) mass is 308 g/mol. The van der Waals surface area contributed by atoms with Gasteiger partial charge in [0.05, 0.1) is 6.54 Å². The molecule has 5 nitrogen and oxygen atoms in total. The summed E-state index contributed by atoms with van der Waals surface area (Å²) in [7, 11) is -0.806. The molecule has 1 fully saturated rings. The number of nitrogens with one attached hydrogen (secondary N) is 1. The molecular formula is C15H20N2O3S. The van der Waals surface area contributed by atoms with Crippen LogP contribution in [0.5, 0.6) is 0 Å². The summed E-state index contributed by atoms with van der Waals surface area (Å²) >= 11 is 0. The number of aryl methyl sites for hydroxylation is 2. The normalized spacial score (nSPS) is 15.8. The number of rotatable bonds is 3. The predicted octanol–water partition coefficient (Wildman–Crippen LogP) is 0.624. The third-order valence-electron chi connectivity index (χ3n) is 3.41. The molecule has 21 heavy (non-hydrogen) atoms. The number of benzene rings is 1. The van der Waals surface area contributed by atoms with E-state index in [9.17, 15) is 13.8 Å². The van der Waals surface area contributed by atoms with E-state index in [-0.39, 0.29) is 18.4 Å². The predicted molar refractivity (Wildman–Crippen MR) is 82.7 cm³/mol. The van der Waals surface area contributed by atoms with E-state index in [1.54, 1.807) is 17.0 Å². The van der Waals surface area contributed by atoms with Crippen LogP contribution in [0.25, 0.3) is 0 Å². The highest BCUT2D eigenvalue weighted by atomic mass is 32.2. The molecule has 0 unspecified atom stereocenters. The van der Waals surface area contributed by atoms with E-state index in [1.807, 2.05) is 19.9 Å². The largest absolute Gasteiger partial charge is 0.343 e. The standard InChI is InChI=1S/C15H20N2O3S/c1-11-7-12(2)9-13(8-11)15(19)16-10-14(18)17-3-5-21(20)6-4-17/h7-9H,3-6,10H2,1-2H3,(H,16,19). The van der Waals surface area contributed by atoms with Gasteiger partial charge >= 0.3 is 0 Å². The quantitative estimate of drug-likeness (QED) is 0.890. The van der Waals surface area contributed by atoms with Gasteiger partial charge in [0.2, 0.25) is 5.91 Å². The molecule has 0 saturated carbocycles. The van der Waals surface area contributed by atoms with Crippen LogP contribution in [0.15, 0.2) is 18.2 Å². The number of carbonyl (C=O) groups is 2. The zero-order chi connectivity index (χ0) is 15.4. The van der Waals surface area contributed by atoms with Crippen molar-refractivity contribution in [3.63, 3.8) is 0 Å². The van der Waals surface area contributed by atoms with Crippen LogP contribution in [0, 0.1) is 13.8 Å². The van der Waals surface area contributed by atoms with E-state index in [4.69, 9.17) is 0 Å². The molecule has 1 N–H and O–H groups in total. The van der Waals surface area contributed by atoms with E-state index in [0.717, 1.165) is 11.1 Å². The topological polar surface area (TPSA) is 66.5 Å². The van der Waals surface area contributed by atoms with Crippen molar-refractivity contribution in [1.82, 2.24) is 10.2 Å². The van der Waals surface area contributed by atoms with E-state index in [0.29, 0.717) is 30.2 Å². The lowest BCUT2D eigenvalue weighted by Crippen LogP contribution is -2.46. The molecule has 1 aromatic carbocycles. The molecule has 0 bridgehead atoms. The Kier molecular flexibility index (Phi) is 5.12. The zero-order valence-electron chi connectivity index (χ0n) is 12.3. The molecule has 1 aliphatic heterocycles. The summed E-state index contributed by atoms with van der Waals surface area (Å²) in [6, 6.07) is 5.60. The molecule has 1 aromatic rings. The average Bonchev–Trinajstić information content (AvgIpc) is 2.44. The van der Waals surface area contributed by atoms with Gasteiger partial charge in [0.25, 0.3) is 5.91 Å². The van der Waals surface area contributed by atoms with Gasteiger partial charge in [-0.2, -0.15) is 0 Å². The zero-order valence-corrected chi connectivity index (χ0v) is 13.2. The van der Waals surface area contributed by atoms with Crippen LogP contribution >= 0.6 is 0 Å². The lowest BCUT2D eigenvalue weighted by molar-refractivity contribution is -0.129. The van der Waals surface area contributed by atoms with Gasteiger partial charge < -0.3 is 10.2 Å². The maximum absolute atomic E-state index is 12.1. The number of hydrogen-bond donors (Lipinski definition) is 1. The van der Waals surface area contributed by atoms with E-state index >= 15 is 0 Å². The Morgan fingerprint density at radius 3 is 2.29 bits per heavy atom. The Morgan fingerprint density at radius 1 is 1.14 bits per heavy atom. The fourth-order valence-corrected chi connectivity index (χ4v) is 3.41. The van der Waals surface area contributed by atoms with E-state index in [1.165, 1.54) is 0 Å². The lowest BCUT2D eigenvalue weighted by atomic mass is 10.1. The van der Waals surface area contributed by atoms with Gasteiger partial charge in [-0.15, -0.1) is 0 Å². The number of carbonyl (C=O) groups excluding carboxylic acids is 2. The smallest absolute Gasteiger partial charge is 0.251 e. The van der Waals surface area contributed by atoms with Crippen LogP contribution < -0.4 is 5.32 Å².